The van der Waals surface area contributed by atoms with Crippen LogP contribution in [0.15, 0.2) is 24.4 Å². The molecule has 0 radical (unpaired) electrons. The number of ether oxygens (including phenoxy) is 1. The van der Waals surface area contributed by atoms with Crippen LogP contribution in [-0.2, 0) is 6.54 Å². The first-order chi connectivity index (χ1) is 9.21. The van der Waals surface area contributed by atoms with Crippen LogP contribution in [0.4, 0.5) is 5.95 Å². The lowest BCUT2D eigenvalue weighted by Gasteiger charge is -2.06. The van der Waals surface area contributed by atoms with Crippen molar-refractivity contribution in [2.75, 3.05) is 12.4 Å². The minimum Gasteiger partial charge on any atom is -0.481 e. The van der Waals surface area contributed by atoms with Crippen LogP contribution in [0.5, 0.6) is 5.88 Å². The summed E-state index contributed by atoms with van der Waals surface area (Å²) >= 11 is 0. The van der Waals surface area contributed by atoms with Gasteiger partial charge in [0.2, 0.25) is 11.8 Å². The second kappa shape index (κ2) is 5.78. The third-order valence-electron chi connectivity index (χ3n) is 2.43. The molecule has 0 bridgehead atoms. The highest BCUT2D eigenvalue weighted by Crippen LogP contribution is 2.10. The predicted octanol–water partition coefficient (Wildman–Crippen LogP) is 1.67. The largest absolute Gasteiger partial charge is 0.481 e. The quantitative estimate of drug-likeness (QED) is 0.894. The lowest BCUT2D eigenvalue weighted by Crippen LogP contribution is -2.05. The molecule has 2 rings (SSSR count). The third kappa shape index (κ3) is 3.39. The molecular formula is C13H13N5O. The number of methoxy groups -OCH3 is 1. The van der Waals surface area contributed by atoms with Crippen molar-refractivity contribution in [2.24, 2.45) is 0 Å². The van der Waals surface area contributed by atoms with E-state index >= 15 is 0 Å². The lowest BCUT2D eigenvalue weighted by atomic mass is 10.2. The lowest BCUT2D eigenvalue weighted by molar-refractivity contribution is 0.397. The van der Waals surface area contributed by atoms with Gasteiger partial charge in [-0.15, -0.1) is 0 Å². The van der Waals surface area contributed by atoms with Crippen molar-refractivity contribution >= 4 is 5.95 Å². The number of nitriles is 1. The summed E-state index contributed by atoms with van der Waals surface area (Å²) in [6, 6.07) is 7.34. The van der Waals surface area contributed by atoms with Gasteiger partial charge < -0.3 is 10.1 Å². The molecule has 96 valence electrons. The second-order valence-electron chi connectivity index (χ2n) is 3.89. The van der Waals surface area contributed by atoms with Gasteiger partial charge in [0, 0.05) is 24.5 Å². The Kier molecular flexibility index (Phi) is 3.88. The summed E-state index contributed by atoms with van der Waals surface area (Å²) < 4.78 is 5.05. The highest BCUT2D eigenvalue weighted by molar-refractivity contribution is 5.34. The Hall–Kier alpha value is -2.68. The zero-order valence-electron chi connectivity index (χ0n) is 10.7. The van der Waals surface area contributed by atoms with Gasteiger partial charge in [-0.25, -0.2) is 15.0 Å². The van der Waals surface area contributed by atoms with Crippen molar-refractivity contribution in [3.8, 4) is 11.9 Å². The van der Waals surface area contributed by atoms with Gasteiger partial charge in [0.25, 0.3) is 0 Å². The maximum atomic E-state index is 8.85. The average Bonchev–Trinajstić information content (AvgIpc) is 2.44. The number of hydrogen-bond acceptors (Lipinski definition) is 6. The second-order valence-corrected chi connectivity index (χ2v) is 3.89. The van der Waals surface area contributed by atoms with Crippen molar-refractivity contribution in [3.63, 3.8) is 0 Å². The number of nitrogens with zero attached hydrogens (tertiary/aromatic N) is 4. The molecule has 19 heavy (non-hydrogen) atoms. The van der Waals surface area contributed by atoms with E-state index in [9.17, 15) is 0 Å². The van der Waals surface area contributed by atoms with E-state index in [4.69, 9.17) is 10.00 Å². The summed E-state index contributed by atoms with van der Waals surface area (Å²) in [6.07, 6.45) is 1.67. The van der Waals surface area contributed by atoms with E-state index in [1.54, 1.807) is 19.4 Å². The Balaban J connectivity index is 2.10. The Bertz CT molecular complexity index is 621. The summed E-state index contributed by atoms with van der Waals surface area (Å²) in [6.45, 7) is 2.36. The fourth-order valence-electron chi connectivity index (χ4n) is 1.56. The molecule has 0 spiro atoms. The summed E-state index contributed by atoms with van der Waals surface area (Å²) in [5, 5.41) is 11.9. The number of nitrogens with one attached hydrogen (secondary N) is 1. The molecule has 0 fully saturated rings. The third-order valence-corrected chi connectivity index (χ3v) is 2.43. The van der Waals surface area contributed by atoms with E-state index in [-0.39, 0.29) is 0 Å². The van der Waals surface area contributed by atoms with Gasteiger partial charge in [0.1, 0.15) is 11.8 Å². The fourth-order valence-corrected chi connectivity index (χ4v) is 1.56. The zero-order chi connectivity index (χ0) is 13.7. The van der Waals surface area contributed by atoms with Crippen molar-refractivity contribution in [1.29, 1.82) is 5.26 Å². The molecule has 1 N–H and O–H groups in total. The summed E-state index contributed by atoms with van der Waals surface area (Å²) in [5.41, 5.74) is 2.10. The molecule has 0 saturated carbocycles. The Morgan fingerprint density at radius 2 is 2.21 bits per heavy atom. The average molecular weight is 255 g/mol. The highest BCUT2D eigenvalue weighted by atomic mass is 16.5. The van der Waals surface area contributed by atoms with E-state index in [1.807, 2.05) is 25.1 Å². The van der Waals surface area contributed by atoms with Crippen LogP contribution in [0.25, 0.3) is 0 Å². The normalized spacial score (nSPS) is 9.74. The summed E-state index contributed by atoms with van der Waals surface area (Å²) in [4.78, 5) is 12.3. The minimum absolute atomic E-state index is 0.349. The molecule has 6 heteroatoms. The Labute approximate surface area is 111 Å². The first-order valence-electron chi connectivity index (χ1n) is 5.70. The molecule has 0 atom stereocenters. The SMILES string of the molecule is COc1cc(CNc2nc(C)cc(C#N)n2)ccn1. The number of rotatable bonds is 4. The van der Waals surface area contributed by atoms with Crippen LogP contribution in [-0.4, -0.2) is 22.1 Å². The molecule has 0 aliphatic heterocycles. The van der Waals surface area contributed by atoms with Gasteiger partial charge in [0.05, 0.1) is 7.11 Å². The van der Waals surface area contributed by atoms with Crippen molar-refractivity contribution in [2.45, 2.75) is 13.5 Å². The monoisotopic (exact) mass is 255 g/mol. The topological polar surface area (TPSA) is 83.7 Å². The van der Waals surface area contributed by atoms with Gasteiger partial charge in [0.15, 0.2) is 0 Å². The van der Waals surface area contributed by atoms with Crippen LogP contribution in [0.2, 0.25) is 0 Å². The van der Waals surface area contributed by atoms with Crippen LogP contribution in [0.1, 0.15) is 17.0 Å². The molecule has 0 aliphatic rings. The van der Waals surface area contributed by atoms with Crippen LogP contribution >= 0.6 is 0 Å². The molecule has 2 aromatic rings. The summed E-state index contributed by atoms with van der Waals surface area (Å²) in [5.74, 6) is 0.995. The highest BCUT2D eigenvalue weighted by Gasteiger charge is 2.02. The molecular weight excluding hydrogens is 242 g/mol. The summed E-state index contributed by atoms with van der Waals surface area (Å²) in [7, 11) is 1.57. The van der Waals surface area contributed by atoms with E-state index in [2.05, 4.69) is 20.3 Å². The van der Waals surface area contributed by atoms with Crippen molar-refractivity contribution in [3.05, 3.63) is 41.3 Å². The van der Waals surface area contributed by atoms with Gasteiger partial charge in [-0.3, -0.25) is 0 Å². The van der Waals surface area contributed by atoms with Crippen molar-refractivity contribution in [1.82, 2.24) is 15.0 Å². The fraction of sp³-hybridized carbons (Fsp3) is 0.231. The Morgan fingerprint density at radius 3 is 2.95 bits per heavy atom. The molecule has 6 nitrogen and oxygen atoms in total. The number of aromatic nitrogens is 3. The van der Waals surface area contributed by atoms with Crippen LogP contribution in [0, 0.1) is 18.3 Å². The molecule has 0 aliphatic carbocycles. The smallest absolute Gasteiger partial charge is 0.224 e. The first-order valence-corrected chi connectivity index (χ1v) is 5.70. The van der Waals surface area contributed by atoms with Gasteiger partial charge in [-0.1, -0.05) is 0 Å². The van der Waals surface area contributed by atoms with E-state index < -0.39 is 0 Å². The minimum atomic E-state index is 0.349. The first kappa shape index (κ1) is 12.8. The zero-order valence-corrected chi connectivity index (χ0v) is 10.7. The maximum absolute atomic E-state index is 8.85. The van der Waals surface area contributed by atoms with Crippen molar-refractivity contribution < 1.29 is 4.74 Å². The standard InChI is InChI=1S/C13H13N5O/c1-9-5-11(7-14)18-13(17-9)16-8-10-3-4-15-12(6-10)19-2/h3-6H,8H2,1-2H3,(H,16,17,18). The molecule has 0 saturated heterocycles. The number of hydrogen-bond donors (Lipinski definition) is 1. The molecule has 0 unspecified atom stereocenters. The van der Waals surface area contributed by atoms with Crippen LogP contribution in [0.3, 0.4) is 0 Å². The molecule has 0 amide bonds. The molecule has 0 aromatic carbocycles. The number of pyridine rings is 1. The Morgan fingerprint density at radius 1 is 1.37 bits per heavy atom. The van der Waals surface area contributed by atoms with Gasteiger partial charge >= 0.3 is 0 Å². The van der Waals surface area contributed by atoms with Gasteiger partial charge in [-0.05, 0) is 24.6 Å². The van der Waals surface area contributed by atoms with E-state index in [1.165, 1.54) is 0 Å². The predicted molar refractivity (Wildman–Crippen MR) is 69.6 cm³/mol. The molecule has 2 heterocycles. The van der Waals surface area contributed by atoms with Gasteiger partial charge in [-0.2, -0.15) is 5.26 Å². The van der Waals surface area contributed by atoms with Crippen LogP contribution < -0.4 is 10.1 Å². The molecule has 2 aromatic heterocycles. The number of anilines is 1. The number of aryl methyl sites for hydroxylation is 1. The maximum Gasteiger partial charge on any atom is 0.224 e. The van der Waals surface area contributed by atoms with E-state index in [0.29, 0.717) is 24.1 Å². The van der Waals surface area contributed by atoms with E-state index in [0.717, 1.165) is 11.3 Å².